The molecule has 0 saturated heterocycles. The lowest BCUT2D eigenvalue weighted by Gasteiger charge is -2.09. The van der Waals surface area contributed by atoms with Crippen LogP contribution in [-0.4, -0.2) is 5.91 Å². The van der Waals surface area contributed by atoms with Crippen LogP contribution in [-0.2, 0) is 4.79 Å². The van der Waals surface area contributed by atoms with E-state index >= 15 is 0 Å². The molecule has 1 aliphatic rings. The molecule has 21 heavy (non-hydrogen) atoms. The van der Waals surface area contributed by atoms with Gasteiger partial charge >= 0.3 is 0 Å². The summed E-state index contributed by atoms with van der Waals surface area (Å²) in [5, 5.41) is 2.90. The molecule has 108 valence electrons. The second-order valence-corrected chi connectivity index (χ2v) is 6.28. The normalized spacial score (nSPS) is 20.1. The number of hydrogen-bond acceptors (Lipinski definition) is 1. The highest BCUT2D eigenvalue weighted by Crippen LogP contribution is 2.48. The predicted molar refractivity (Wildman–Crippen MR) is 84.8 cm³/mol. The average Bonchev–Trinajstić information content (AvgIpc) is 3.26. The molecule has 0 aliphatic heterocycles. The van der Waals surface area contributed by atoms with Crippen LogP contribution in [0.4, 0.5) is 10.1 Å². The van der Waals surface area contributed by atoms with Crippen LogP contribution in [0.1, 0.15) is 23.5 Å². The number of anilines is 1. The summed E-state index contributed by atoms with van der Waals surface area (Å²) < 4.78 is 13.8. The van der Waals surface area contributed by atoms with Gasteiger partial charge in [-0.25, -0.2) is 4.39 Å². The SMILES string of the molecule is Cc1cc(F)c(Br)cc1NC(=O)C1CC1c1ccccc1. The molecule has 2 atom stereocenters. The zero-order chi connectivity index (χ0) is 15.0. The standard InChI is InChI=1S/C17H15BrFNO/c1-10-7-15(19)14(18)9-16(10)20-17(21)13-8-12(13)11-5-3-2-4-6-11/h2-7,9,12-13H,8H2,1H3,(H,20,21). The van der Waals surface area contributed by atoms with Crippen LogP contribution in [0.2, 0.25) is 0 Å². The van der Waals surface area contributed by atoms with Crippen LogP contribution in [0.15, 0.2) is 46.9 Å². The molecular weight excluding hydrogens is 333 g/mol. The Morgan fingerprint density at radius 3 is 2.71 bits per heavy atom. The van der Waals surface area contributed by atoms with Crippen molar-refractivity contribution in [3.05, 3.63) is 63.9 Å². The van der Waals surface area contributed by atoms with E-state index in [-0.39, 0.29) is 17.6 Å². The van der Waals surface area contributed by atoms with Crippen molar-refractivity contribution in [2.45, 2.75) is 19.3 Å². The van der Waals surface area contributed by atoms with E-state index < -0.39 is 0 Å². The third kappa shape index (κ3) is 3.00. The number of amides is 1. The molecule has 0 heterocycles. The molecule has 1 fully saturated rings. The van der Waals surface area contributed by atoms with Crippen molar-refractivity contribution in [2.75, 3.05) is 5.32 Å². The molecule has 0 spiro atoms. The third-order valence-corrected chi connectivity index (χ3v) is 4.49. The van der Waals surface area contributed by atoms with Gasteiger partial charge in [0.2, 0.25) is 5.91 Å². The van der Waals surface area contributed by atoms with Crippen molar-refractivity contribution in [3.63, 3.8) is 0 Å². The van der Waals surface area contributed by atoms with Crippen molar-refractivity contribution < 1.29 is 9.18 Å². The fraction of sp³-hybridized carbons (Fsp3) is 0.235. The van der Waals surface area contributed by atoms with Crippen molar-refractivity contribution in [2.24, 2.45) is 5.92 Å². The molecule has 2 aromatic carbocycles. The highest BCUT2D eigenvalue weighted by atomic mass is 79.9. The van der Waals surface area contributed by atoms with Gasteiger partial charge in [-0.1, -0.05) is 30.3 Å². The Morgan fingerprint density at radius 2 is 2.00 bits per heavy atom. The second-order valence-electron chi connectivity index (χ2n) is 5.43. The van der Waals surface area contributed by atoms with E-state index in [1.54, 1.807) is 13.0 Å². The molecule has 4 heteroatoms. The Balaban J connectivity index is 1.70. The van der Waals surface area contributed by atoms with E-state index in [1.807, 2.05) is 18.2 Å². The summed E-state index contributed by atoms with van der Waals surface area (Å²) in [4.78, 5) is 12.3. The van der Waals surface area contributed by atoms with Gasteiger partial charge in [-0.15, -0.1) is 0 Å². The van der Waals surface area contributed by atoms with Crippen molar-refractivity contribution in [1.82, 2.24) is 0 Å². The Bertz CT molecular complexity index is 687. The van der Waals surface area contributed by atoms with E-state index in [0.717, 1.165) is 12.0 Å². The first kappa shape index (κ1) is 14.3. The maximum absolute atomic E-state index is 13.4. The number of carbonyl (C=O) groups is 1. The van der Waals surface area contributed by atoms with E-state index in [1.165, 1.54) is 11.6 Å². The van der Waals surface area contributed by atoms with Gasteiger partial charge in [-0.05, 0) is 58.5 Å². The van der Waals surface area contributed by atoms with Crippen LogP contribution in [0, 0.1) is 18.7 Å². The van der Waals surface area contributed by atoms with Gasteiger partial charge in [-0.2, -0.15) is 0 Å². The Kier molecular flexibility index (Phi) is 3.81. The molecule has 1 saturated carbocycles. The van der Waals surface area contributed by atoms with Crippen LogP contribution in [0.25, 0.3) is 0 Å². The van der Waals surface area contributed by atoms with Crippen LogP contribution in [0.5, 0.6) is 0 Å². The topological polar surface area (TPSA) is 29.1 Å². The third-order valence-electron chi connectivity index (χ3n) is 3.88. The van der Waals surface area contributed by atoms with Gasteiger partial charge in [0, 0.05) is 11.6 Å². The highest BCUT2D eigenvalue weighted by molar-refractivity contribution is 9.10. The number of hydrogen-bond donors (Lipinski definition) is 1. The predicted octanol–water partition coefficient (Wildman–Crippen LogP) is 4.64. The maximum Gasteiger partial charge on any atom is 0.228 e. The summed E-state index contributed by atoms with van der Waals surface area (Å²) >= 11 is 3.15. The Hall–Kier alpha value is -1.68. The molecule has 0 bridgehead atoms. The molecule has 2 unspecified atom stereocenters. The van der Waals surface area contributed by atoms with Gasteiger partial charge in [0.05, 0.1) is 4.47 Å². The minimum atomic E-state index is -0.320. The number of nitrogens with one attached hydrogen (secondary N) is 1. The zero-order valence-electron chi connectivity index (χ0n) is 11.6. The second kappa shape index (κ2) is 5.60. The molecule has 1 aliphatic carbocycles. The summed E-state index contributed by atoms with van der Waals surface area (Å²) in [5.41, 5.74) is 2.59. The van der Waals surface area contributed by atoms with Crippen molar-refractivity contribution >= 4 is 27.5 Å². The molecule has 1 N–H and O–H groups in total. The van der Waals surface area contributed by atoms with Crippen LogP contribution >= 0.6 is 15.9 Å². The number of rotatable bonds is 3. The first-order chi connectivity index (χ1) is 10.1. The monoisotopic (exact) mass is 347 g/mol. The lowest BCUT2D eigenvalue weighted by molar-refractivity contribution is -0.117. The minimum absolute atomic E-state index is 0.00506. The molecule has 1 amide bonds. The lowest BCUT2D eigenvalue weighted by atomic mass is 10.1. The summed E-state index contributed by atoms with van der Waals surface area (Å²) in [5.74, 6) is -0.00410. The summed E-state index contributed by atoms with van der Waals surface area (Å²) in [6.07, 6.45) is 0.872. The smallest absolute Gasteiger partial charge is 0.228 e. The number of benzene rings is 2. The number of aryl methyl sites for hydroxylation is 1. The van der Waals surface area contributed by atoms with Crippen molar-refractivity contribution in [3.8, 4) is 0 Å². The average molecular weight is 348 g/mol. The fourth-order valence-corrected chi connectivity index (χ4v) is 2.90. The zero-order valence-corrected chi connectivity index (χ0v) is 13.2. The fourth-order valence-electron chi connectivity index (χ4n) is 2.56. The van der Waals surface area contributed by atoms with E-state index in [2.05, 4.69) is 33.4 Å². The first-order valence-electron chi connectivity index (χ1n) is 6.87. The molecular formula is C17H15BrFNO. The van der Waals surface area contributed by atoms with Crippen molar-refractivity contribution in [1.29, 1.82) is 0 Å². The van der Waals surface area contributed by atoms with E-state index in [0.29, 0.717) is 16.1 Å². The Morgan fingerprint density at radius 1 is 1.29 bits per heavy atom. The quantitative estimate of drug-likeness (QED) is 0.860. The van der Waals surface area contributed by atoms with Crippen LogP contribution < -0.4 is 5.32 Å². The molecule has 3 rings (SSSR count). The number of carbonyl (C=O) groups excluding carboxylic acids is 1. The van der Waals surface area contributed by atoms with Gasteiger partial charge < -0.3 is 5.32 Å². The number of halogens is 2. The van der Waals surface area contributed by atoms with Gasteiger partial charge in [-0.3, -0.25) is 4.79 Å². The first-order valence-corrected chi connectivity index (χ1v) is 7.67. The maximum atomic E-state index is 13.4. The molecule has 2 aromatic rings. The van der Waals surface area contributed by atoms with E-state index in [9.17, 15) is 9.18 Å². The summed E-state index contributed by atoms with van der Waals surface area (Å²) in [6, 6.07) is 13.1. The largest absolute Gasteiger partial charge is 0.326 e. The minimum Gasteiger partial charge on any atom is -0.326 e. The summed E-state index contributed by atoms with van der Waals surface area (Å²) in [7, 11) is 0. The highest BCUT2D eigenvalue weighted by Gasteiger charge is 2.43. The van der Waals surface area contributed by atoms with Gasteiger partial charge in [0.25, 0.3) is 0 Å². The summed E-state index contributed by atoms with van der Waals surface area (Å²) in [6.45, 7) is 1.78. The molecule has 0 aromatic heterocycles. The van der Waals surface area contributed by atoms with Gasteiger partial charge in [0.1, 0.15) is 5.82 Å². The van der Waals surface area contributed by atoms with Gasteiger partial charge in [0.15, 0.2) is 0 Å². The molecule has 0 radical (unpaired) electrons. The molecule has 2 nitrogen and oxygen atoms in total. The lowest BCUT2D eigenvalue weighted by Crippen LogP contribution is -2.15. The Labute approximate surface area is 131 Å². The van der Waals surface area contributed by atoms with Crippen LogP contribution in [0.3, 0.4) is 0 Å². The van der Waals surface area contributed by atoms with E-state index in [4.69, 9.17) is 0 Å².